The fraction of sp³-hybridized carbons (Fsp3) is 0.269. The van der Waals surface area contributed by atoms with E-state index >= 15 is 0 Å². The van der Waals surface area contributed by atoms with Gasteiger partial charge in [0.25, 0.3) is 0 Å². The molecular formula is C26H27ClN2O4S. The van der Waals surface area contributed by atoms with Crippen LogP contribution in [0.1, 0.15) is 17.2 Å². The molecule has 0 aliphatic carbocycles. The quantitative estimate of drug-likeness (QED) is 0.417. The Morgan fingerprint density at radius 3 is 2.35 bits per heavy atom. The Kier molecular flexibility index (Phi) is 7.65. The molecule has 1 aliphatic rings. The molecule has 0 spiro atoms. The number of halogens is 1. The monoisotopic (exact) mass is 498 g/mol. The Balaban J connectivity index is 1.63. The van der Waals surface area contributed by atoms with E-state index in [0.29, 0.717) is 28.2 Å². The van der Waals surface area contributed by atoms with Gasteiger partial charge in [-0.15, -0.1) is 0 Å². The minimum Gasteiger partial charge on any atom is -0.497 e. The van der Waals surface area contributed by atoms with Crippen molar-refractivity contribution in [3.63, 3.8) is 0 Å². The van der Waals surface area contributed by atoms with E-state index in [9.17, 15) is 0 Å². The maximum atomic E-state index is 6.20. The van der Waals surface area contributed by atoms with Crippen molar-refractivity contribution in [3.8, 4) is 23.0 Å². The van der Waals surface area contributed by atoms with Gasteiger partial charge in [0, 0.05) is 17.3 Å². The van der Waals surface area contributed by atoms with E-state index in [1.54, 1.807) is 21.3 Å². The Hall–Kier alpha value is -3.16. The van der Waals surface area contributed by atoms with E-state index in [1.807, 2.05) is 60.7 Å². The number of benzene rings is 3. The number of anilines is 1. The van der Waals surface area contributed by atoms with Gasteiger partial charge in [-0.2, -0.15) is 0 Å². The van der Waals surface area contributed by atoms with Crippen molar-refractivity contribution in [3.05, 3.63) is 76.8 Å². The summed E-state index contributed by atoms with van der Waals surface area (Å²) in [6.07, 6.45) is 0.812. The van der Waals surface area contributed by atoms with E-state index in [0.717, 1.165) is 35.7 Å². The standard InChI is InChI=1S/C26H27ClN2O4S/c1-30-20-7-9-21(10-8-20)33-16-23-22-15-25(32-3)24(31-2)13-17(22)11-12-29(23)26(34)28-19-6-4-5-18(27)14-19/h4-10,13-15,23H,11-12,16H2,1-3H3,(H,28,34)/t23-/m1/s1. The van der Waals surface area contributed by atoms with Crippen LogP contribution in [0.4, 0.5) is 5.69 Å². The third-order valence-electron chi connectivity index (χ3n) is 5.81. The van der Waals surface area contributed by atoms with Crippen LogP contribution >= 0.6 is 23.8 Å². The van der Waals surface area contributed by atoms with Crippen LogP contribution in [-0.4, -0.2) is 44.5 Å². The normalized spacial score (nSPS) is 14.7. The van der Waals surface area contributed by atoms with Gasteiger partial charge in [0.2, 0.25) is 0 Å². The number of nitrogens with one attached hydrogen (secondary N) is 1. The van der Waals surface area contributed by atoms with Gasteiger partial charge in [0.1, 0.15) is 18.1 Å². The Labute approximate surface area is 210 Å². The molecule has 3 aromatic rings. The summed E-state index contributed by atoms with van der Waals surface area (Å²) >= 11 is 12.0. The van der Waals surface area contributed by atoms with Gasteiger partial charge in [0.15, 0.2) is 16.6 Å². The van der Waals surface area contributed by atoms with Crippen LogP contribution in [0.3, 0.4) is 0 Å². The molecule has 1 atom stereocenters. The summed E-state index contributed by atoms with van der Waals surface area (Å²) in [7, 11) is 4.93. The zero-order chi connectivity index (χ0) is 24.1. The van der Waals surface area contributed by atoms with Gasteiger partial charge in [-0.05, 0) is 84.4 Å². The molecule has 8 heteroatoms. The first kappa shape index (κ1) is 24.0. The van der Waals surface area contributed by atoms with Crippen LogP contribution in [0, 0.1) is 0 Å². The SMILES string of the molecule is COc1ccc(OC[C@@H]2c3cc(OC)c(OC)cc3CCN2C(=S)Nc2cccc(Cl)c2)cc1. The van der Waals surface area contributed by atoms with Crippen LogP contribution in [0.25, 0.3) is 0 Å². The van der Waals surface area contributed by atoms with Crippen LogP contribution in [0.15, 0.2) is 60.7 Å². The maximum absolute atomic E-state index is 6.20. The van der Waals surface area contributed by atoms with Crippen molar-refractivity contribution >= 4 is 34.6 Å². The minimum atomic E-state index is -0.134. The molecule has 0 aromatic heterocycles. The lowest BCUT2D eigenvalue weighted by Gasteiger charge is -2.39. The van der Waals surface area contributed by atoms with Crippen LogP contribution in [-0.2, 0) is 6.42 Å². The van der Waals surface area contributed by atoms with Crippen molar-refractivity contribution < 1.29 is 18.9 Å². The Morgan fingerprint density at radius 1 is 0.971 bits per heavy atom. The number of ether oxygens (including phenoxy) is 4. The fourth-order valence-electron chi connectivity index (χ4n) is 4.06. The van der Waals surface area contributed by atoms with Crippen molar-refractivity contribution in [2.24, 2.45) is 0 Å². The zero-order valence-corrected chi connectivity index (χ0v) is 20.9. The second-order valence-corrected chi connectivity index (χ2v) is 8.62. The topological polar surface area (TPSA) is 52.2 Å². The number of hydrogen-bond donors (Lipinski definition) is 1. The molecule has 34 heavy (non-hydrogen) atoms. The van der Waals surface area contributed by atoms with E-state index in [4.69, 9.17) is 42.8 Å². The summed E-state index contributed by atoms with van der Waals surface area (Å²) < 4.78 is 22.6. The van der Waals surface area contributed by atoms with E-state index in [-0.39, 0.29) is 6.04 Å². The number of hydrogen-bond acceptors (Lipinski definition) is 5. The lowest BCUT2D eigenvalue weighted by molar-refractivity contribution is 0.190. The largest absolute Gasteiger partial charge is 0.497 e. The maximum Gasteiger partial charge on any atom is 0.174 e. The average molecular weight is 499 g/mol. The van der Waals surface area contributed by atoms with Crippen LogP contribution in [0.5, 0.6) is 23.0 Å². The second-order valence-electron chi connectivity index (χ2n) is 7.79. The Morgan fingerprint density at radius 2 is 1.68 bits per heavy atom. The van der Waals surface area contributed by atoms with Crippen LogP contribution in [0.2, 0.25) is 5.02 Å². The molecule has 1 N–H and O–H groups in total. The van der Waals surface area contributed by atoms with Crippen molar-refractivity contribution in [1.29, 1.82) is 0 Å². The lowest BCUT2D eigenvalue weighted by atomic mass is 9.92. The number of nitrogens with zero attached hydrogens (tertiary/aromatic N) is 1. The average Bonchev–Trinajstić information content (AvgIpc) is 2.86. The molecule has 178 valence electrons. The molecule has 1 aliphatic heterocycles. The molecule has 6 nitrogen and oxygen atoms in total. The number of thiocarbonyl (C=S) groups is 1. The molecule has 4 rings (SSSR count). The summed E-state index contributed by atoms with van der Waals surface area (Å²) in [6.45, 7) is 1.12. The summed E-state index contributed by atoms with van der Waals surface area (Å²) in [5, 5.41) is 4.57. The first-order chi connectivity index (χ1) is 16.5. The highest BCUT2D eigenvalue weighted by atomic mass is 35.5. The van der Waals surface area contributed by atoms with Gasteiger partial charge >= 0.3 is 0 Å². The van der Waals surface area contributed by atoms with Gasteiger partial charge in [0.05, 0.1) is 27.4 Å². The lowest BCUT2D eigenvalue weighted by Crippen LogP contribution is -2.44. The molecule has 0 saturated heterocycles. The first-order valence-electron chi connectivity index (χ1n) is 10.9. The van der Waals surface area contributed by atoms with E-state index in [1.165, 1.54) is 5.56 Å². The highest BCUT2D eigenvalue weighted by Crippen LogP contribution is 2.39. The third kappa shape index (κ3) is 5.32. The molecule has 1 heterocycles. The molecule has 0 saturated carbocycles. The number of methoxy groups -OCH3 is 3. The highest BCUT2D eigenvalue weighted by molar-refractivity contribution is 7.80. The van der Waals surface area contributed by atoms with E-state index in [2.05, 4.69) is 10.2 Å². The van der Waals surface area contributed by atoms with Crippen molar-refractivity contribution in [2.75, 3.05) is 39.8 Å². The van der Waals surface area contributed by atoms with Gasteiger partial charge < -0.3 is 29.2 Å². The molecule has 0 amide bonds. The first-order valence-corrected chi connectivity index (χ1v) is 11.7. The predicted octanol–water partition coefficient (Wildman–Crippen LogP) is 5.74. The van der Waals surface area contributed by atoms with Crippen LogP contribution < -0.4 is 24.3 Å². The molecule has 3 aromatic carbocycles. The molecular weight excluding hydrogens is 472 g/mol. The fourth-order valence-corrected chi connectivity index (χ4v) is 4.59. The van der Waals surface area contributed by atoms with Crippen molar-refractivity contribution in [1.82, 2.24) is 4.90 Å². The predicted molar refractivity (Wildman–Crippen MR) is 139 cm³/mol. The highest BCUT2D eigenvalue weighted by Gasteiger charge is 2.31. The smallest absolute Gasteiger partial charge is 0.174 e. The number of fused-ring (bicyclic) bond motifs is 1. The van der Waals surface area contributed by atoms with E-state index < -0.39 is 0 Å². The van der Waals surface area contributed by atoms with Crippen molar-refractivity contribution in [2.45, 2.75) is 12.5 Å². The van der Waals surface area contributed by atoms with Gasteiger partial charge in [-0.3, -0.25) is 0 Å². The minimum absolute atomic E-state index is 0.134. The summed E-state index contributed by atoms with van der Waals surface area (Å²) in [5.74, 6) is 2.92. The second kappa shape index (κ2) is 10.8. The zero-order valence-electron chi connectivity index (χ0n) is 19.3. The summed E-state index contributed by atoms with van der Waals surface area (Å²) in [6, 6.07) is 19.0. The Bertz CT molecular complexity index is 1160. The third-order valence-corrected chi connectivity index (χ3v) is 6.38. The molecule has 0 fully saturated rings. The van der Waals surface area contributed by atoms with Gasteiger partial charge in [-0.25, -0.2) is 0 Å². The van der Waals surface area contributed by atoms with Gasteiger partial charge in [-0.1, -0.05) is 17.7 Å². The summed E-state index contributed by atoms with van der Waals surface area (Å²) in [5.41, 5.74) is 3.11. The number of rotatable bonds is 7. The molecule has 0 unspecified atom stereocenters. The molecule has 0 bridgehead atoms. The summed E-state index contributed by atoms with van der Waals surface area (Å²) in [4.78, 5) is 2.15. The molecule has 0 radical (unpaired) electrons.